The first kappa shape index (κ1) is 26.9. The van der Waals surface area contributed by atoms with Crippen molar-refractivity contribution in [3.63, 3.8) is 0 Å². The highest BCUT2D eigenvalue weighted by Crippen LogP contribution is 2.28. The van der Waals surface area contributed by atoms with E-state index >= 15 is 0 Å². The summed E-state index contributed by atoms with van der Waals surface area (Å²) in [4.78, 5) is 4.34. The van der Waals surface area contributed by atoms with Gasteiger partial charge in [0.2, 0.25) is 0 Å². The second-order valence-corrected chi connectivity index (χ2v) is 8.76. The predicted octanol–water partition coefficient (Wildman–Crippen LogP) is 2.08. The summed E-state index contributed by atoms with van der Waals surface area (Å²) >= 11 is 0. The second kappa shape index (κ2) is 12.1. The molecule has 1 aromatic rings. The minimum absolute atomic E-state index is 0. The van der Waals surface area contributed by atoms with Gasteiger partial charge in [-0.05, 0) is 25.3 Å². The Morgan fingerprint density at radius 2 is 1.87 bits per heavy atom. The fourth-order valence-electron chi connectivity index (χ4n) is 3.05. The lowest BCUT2D eigenvalue weighted by molar-refractivity contribution is -0.0494. The van der Waals surface area contributed by atoms with E-state index in [4.69, 9.17) is 0 Å². The average molecular weight is 564 g/mol. The SMILES string of the molecule is CCNC(=NCC(O)Cc1ccccc1)NC1CCN(S(=O)(=O)C(F)(F)F)CC1.I. The topological polar surface area (TPSA) is 94.0 Å². The molecule has 0 saturated carbocycles. The Labute approximate surface area is 192 Å². The summed E-state index contributed by atoms with van der Waals surface area (Å²) in [7, 11) is -5.29. The van der Waals surface area contributed by atoms with Crippen molar-refractivity contribution < 1.29 is 26.7 Å². The van der Waals surface area contributed by atoms with Gasteiger partial charge in [0, 0.05) is 32.1 Å². The van der Waals surface area contributed by atoms with Gasteiger partial charge in [0.15, 0.2) is 5.96 Å². The van der Waals surface area contributed by atoms with Gasteiger partial charge < -0.3 is 15.7 Å². The van der Waals surface area contributed by atoms with E-state index < -0.39 is 21.6 Å². The minimum Gasteiger partial charge on any atom is -0.391 e. The van der Waals surface area contributed by atoms with E-state index in [9.17, 15) is 26.7 Å². The largest absolute Gasteiger partial charge is 0.511 e. The van der Waals surface area contributed by atoms with Gasteiger partial charge >= 0.3 is 15.5 Å². The molecule has 0 radical (unpaired) electrons. The third kappa shape index (κ3) is 7.85. The molecule has 30 heavy (non-hydrogen) atoms. The van der Waals surface area contributed by atoms with Crippen LogP contribution in [0.15, 0.2) is 35.3 Å². The summed E-state index contributed by atoms with van der Waals surface area (Å²) in [6.45, 7) is 2.18. The predicted molar refractivity (Wildman–Crippen MR) is 120 cm³/mol. The molecule has 3 N–H and O–H groups in total. The van der Waals surface area contributed by atoms with Gasteiger partial charge in [-0.15, -0.1) is 24.0 Å². The smallest absolute Gasteiger partial charge is 0.391 e. The summed E-state index contributed by atoms with van der Waals surface area (Å²) < 4.78 is 61.4. The van der Waals surface area contributed by atoms with Crippen LogP contribution in [-0.2, 0) is 16.4 Å². The van der Waals surface area contributed by atoms with Crippen LogP contribution >= 0.6 is 24.0 Å². The fourth-order valence-corrected chi connectivity index (χ4v) is 4.03. The van der Waals surface area contributed by atoms with Crippen molar-refractivity contribution in [3.05, 3.63) is 35.9 Å². The third-order valence-corrected chi connectivity index (χ3v) is 6.18. The lowest BCUT2D eigenvalue weighted by Crippen LogP contribution is -2.51. The van der Waals surface area contributed by atoms with Crippen molar-refractivity contribution in [2.75, 3.05) is 26.2 Å². The molecule has 1 aliphatic rings. The van der Waals surface area contributed by atoms with Crippen LogP contribution in [0.1, 0.15) is 25.3 Å². The Morgan fingerprint density at radius 1 is 1.27 bits per heavy atom. The molecule has 172 valence electrons. The molecule has 1 fully saturated rings. The zero-order valence-electron chi connectivity index (χ0n) is 16.6. The van der Waals surface area contributed by atoms with Gasteiger partial charge in [0.05, 0.1) is 12.6 Å². The molecule has 0 aliphatic carbocycles. The normalized spacial score (nSPS) is 17.8. The number of aliphatic hydroxyl groups is 1. The van der Waals surface area contributed by atoms with E-state index in [1.807, 2.05) is 37.3 Å². The molecule has 0 spiro atoms. The number of halogens is 4. The van der Waals surface area contributed by atoms with Gasteiger partial charge in [-0.25, -0.2) is 8.42 Å². The van der Waals surface area contributed by atoms with Crippen LogP contribution in [0.3, 0.4) is 0 Å². The highest BCUT2D eigenvalue weighted by atomic mass is 127. The maximum atomic E-state index is 12.7. The van der Waals surface area contributed by atoms with Gasteiger partial charge in [0.25, 0.3) is 0 Å². The molecule has 2 rings (SSSR count). The van der Waals surface area contributed by atoms with Crippen LogP contribution in [0.2, 0.25) is 0 Å². The lowest BCUT2D eigenvalue weighted by Gasteiger charge is -2.32. The number of aliphatic imine (C=N–C) groups is 1. The first-order valence-electron chi connectivity index (χ1n) is 9.46. The zero-order chi connectivity index (χ0) is 21.5. The number of hydrogen-bond donors (Lipinski definition) is 3. The Kier molecular flexibility index (Phi) is 10.8. The maximum absolute atomic E-state index is 12.7. The molecular weight excluding hydrogens is 536 g/mol. The van der Waals surface area contributed by atoms with Crippen LogP contribution in [0.4, 0.5) is 13.2 Å². The number of piperidine rings is 1. The van der Waals surface area contributed by atoms with E-state index in [1.165, 1.54) is 0 Å². The number of aliphatic hydroxyl groups excluding tert-OH is 1. The number of guanidine groups is 1. The van der Waals surface area contributed by atoms with E-state index in [-0.39, 0.29) is 62.5 Å². The van der Waals surface area contributed by atoms with Gasteiger partial charge in [-0.1, -0.05) is 30.3 Å². The molecule has 0 amide bonds. The Hall–Kier alpha value is -1.12. The molecule has 1 heterocycles. The number of benzene rings is 1. The van der Waals surface area contributed by atoms with E-state index in [1.54, 1.807) is 0 Å². The lowest BCUT2D eigenvalue weighted by atomic mass is 10.1. The number of nitrogens with zero attached hydrogens (tertiary/aromatic N) is 2. The minimum atomic E-state index is -5.29. The number of hydrogen-bond acceptors (Lipinski definition) is 4. The first-order chi connectivity index (χ1) is 13.6. The molecule has 0 bridgehead atoms. The van der Waals surface area contributed by atoms with Crippen LogP contribution < -0.4 is 10.6 Å². The quantitative estimate of drug-likeness (QED) is 0.268. The summed E-state index contributed by atoms with van der Waals surface area (Å²) in [6.07, 6.45) is 0.238. The molecule has 1 aliphatic heterocycles. The maximum Gasteiger partial charge on any atom is 0.511 e. The Morgan fingerprint density at radius 3 is 2.40 bits per heavy atom. The van der Waals surface area contributed by atoms with Gasteiger partial charge in [-0.2, -0.15) is 17.5 Å². The Bertz CT molecular complexity index is 771. The standard InChI is InChI=1S/C18H27F3N4O3S.HI/c1-2-22-17(23-13-16(26)12-14-6-4-3-5-7-14)24-15-8-10-25(11-9-15)29(27,28)18(19,20)21;/h3-7,15-16,26H,2,8-13H2,1H3,(H2,22,23,24);1H. The number of alkyl halides is 3. The van der Waals surface area contributed by atoms with Crippen molar-refractivity contribution in [2.24, 2.45) is 4.99 Å². The molecule has 7 nitrogen and oxygen atoms in total. The summed E-state index contributed by atoms with van der Waals surface area (Å²) in [6, 6.07) is 9.30. The van der Waals surface area contributed by atoms with E-state index in [0.29, 0.717) is 23.2 Å². The van der Waals surface area contributed by atoms with E-state index in [2.05, 4.69) is 15.6 Å². The molecule has 1 aromatic carbocycles. The third-order valence-electron chi connectivity index (χ3n) is 4.55. The highest BCUT2D eigenvalue weighted by Gasteiger charge is 2.50. The van der Waals surface area contributed by atoms with E-state index in [0.717, 1.165) is 5.56 Å². The average Bonchev–Trinajstić information content (AvgIpc) is 2.66. The number of nitrogens with one attached hydrogen (secondary N) is 2. The van der Waals surface area contributed by atoms with Gasteiger partial charge in [0.1, 0.15) is 0 Å². The Balaban J connectivity index is 0.00000450. The van der Waals surface area contributed by atoms with Crippen LogP contribution in [0.5, 0.6) is 0 Å². The summed E-state index contributed by atoms with van der Waals surface area (Å²) in [5.74, 6) is 0.441. The molecule has 1 saturated heterocycles. The summed E-state index contributed by atoms with van der Waals surface area (Å²) in [5, 5.41) is 16.3. The zero-order valence-corrected chi connectivity index (χ0v) is 19.7. The van der Waals surface area contributed by atoms with Crippen molar-refractivity contribution in [1.82, 2.24) is 14.9 Å². The highest BCUT2D eigenvalue weighted by molar-refractivity contribution is 14.0. The number of rotatable bonds is 7. The monoisotopic (exact) mass is 564 g/mol. The molecule has 1 unspecified atom stereocenters. The van der Waals surface area contributed by atoms with Crippen LogP contribution in [-0.4, -0.2) is 67.6 Å². The van der Waals surface area contributed by atoms with Crippen molar-refractivity contribution in [1.29, 1.82) is 0 Å². The number of sulfonamides is 1. The van der Waals surface area contributed by atoms with Crippen molar-refractivity contribution >= 4 is 40.0 Å². The molecule has 1 atom stereocenters. The van der Waals surface area contributed by atoms with Crippen LogP contribution in [0.25, 0.3) is 0 Å². The van der Waals surface area contributed by atoms with Crippen LogP contribution in [0, 0.1) is 0 Å². The fraction of sp³-hybridized carbons (Fsp3) is 0.611. The molecular formula is C18H28F3IN4O3S. The van der Waals surface area contributed by atoms with Crippen molar-refractivity contribution in [2.45, 2.75) is 43.8 Å². The summed E-state index contributed by atoms with van der Waals surface area (Å²) in [5.41, 5.74) is -4.29. The molecule has 12 heteroatoms. The van der Waals surface area contributed by atoms with Crippen molar-refractivity contribution in [3.8, 4) is 0 Å². The van der Waals surface area contributed by atoms with Gasteiger partial charge in [-0.3, -0.25) is 4.99 Å². The second-order valence-electron chi connectivity index (χ2n) is 6.83. The first-order valence-corrected chi connectivity index (χ1v) is 10.9. The molecule has 0 aromatic heterocycles.